The number of aliphatic imine (C=N–C) groups is 1. The highest BCUT2D eigenvalue weighted by molar-refractivity contribution is 5.79. The van der Waals surface area contributed by atoms with Gasteiger partial charge in [0.15, 0.2) is 5.96 Å². The van der Waals surface area contributed by atoms with Gasteiger partial charge in [0.2, 0.25) is 0 Å². The first-order valence-corrected chi connectivity index (χ1v) is 10.7. The molecule has 0 aromatic heterocycles. The Kier molecular flexibility index (Phi) is 13.6. The Hall–Kier alpha value is -0.850. The standard InChI is InChI=1S/C20H42N4O2/c1-5-21-20(23-18(4)10-8-14-24(6-2)7-3)22-13-9-15-26-19-11-16-25-17-12-19/h18-19H,5-17H2,1-4H3,(H2,21,22,23). The molecule has 2 N–H and O–H groups in total. The van der Waals surface area contributed by atoms with Crippen LogP contribution in [0.25, 0.3) is 0 Å². The van der Waals surface area contributed by atoms with Crippen molar-refractivity contribution in [1.29, 1.82) is 0 Å². The third-order valence-electron chi connectivity index (χ3n) is 4.83. The van der Waals surface area contributed by atoms with Crippen molar-refractivity contribution in [2.75, 3.05) is 52.5 Å². The summed E-state index contributed by atoms with van der Waals surface area (Å²) in [5.41, 5.74) is 0. The van der Waals surface area contributed by atoms with Crippen molar-refractivity contribution in [1.82, 2.24) is 15.5 Å². The van der Waals surface area contributed by atoms with E-state index in [0.29, 0.717) is 12.1 Å². The van der Waals surface area contributed by atoms with Crippen LogP contribution < -0.4 is 10.6 Å². The van der Waals surface area contributed by atoms with Gasteiger partial charge in [0.05, 0.1) is 6.10 Å². The molecule has 1 fully saturated rings. The van der Waals surface area contributed by atoms with E-state index in [1.165, 1.54) is 13.0 Å². The van der Waals surface area contributed by atoms with Crippen molar-refractivity contribution >= 4 is 5.96 Å². The van der Waals surface area contributed by atoms with Gasteiger partial charge in [-0.1, -0.05) is 13.8 Å². The van der Waals surface area contributed by atoms with Gasteiger partial charge in [-0.25, -0.2) is 0 Å². The smallest absolute Gasteiger partial charge is 0.191 e. The SMILES string of the molecule is CCNC(=NCCCOC1CCOCC1)NC(C)CCCN(CC)CC. The van der Waals surface area contributed by atoms with Gasteiger partial charge in [0.25, 0.3) is 0 Å². The van der Waals surface area contributed by atoms with Crippen molar-refractivity contribution in [3.05, 3.63) is 0 Å². The molecule has 0 aromatic rings. The zero-order valence-electron chi connectivity index (χ0n) is 17.6. The van der Waals surface area contributed by atoms with E-state index in [2.05, 4.69) is 43.2 Å². The third-order valence-corrected chi connectivity index (χ3v) is 4.83. The Bertz CT molecular complexity index is 356. The maximum Gasteiger partial charge on any atom is 0.191 e. The topological polar surface area (TPSA) is 58.1 Å². The average Bonchev–Trinajstić information content (AvgIpc) is 2.66. The van der Waals surface area contributed by atoms with E-state index >= 15 is 0 Å². The van der Waals surface area contributed by atoms with Crippen LogP contribution in [0.15, 0.2) is 4.99 Å². The molecule has 1 aliphatic rings. The zero-order chi connectivity index (χ0) is 19.0. The fourth-order valence-corrected chi connectivity index (χ4v) is 3.13. The number of hydrogen-bond acceptors (Lipinski definition) is 4. The fourth-order valence-electron chi connectivity index (χ4n) is 3.13. The lowest BCUT2D eigenvalue weighted by atomic mass is 10.1. The molecule has 154 valence electrons. The largest absolute Gasteiger partial charge is 0.381 e. The molecular formula is C20H42N4O2. The summed E-state index contributed by atoms with van der Waals surface area (Å²) in [6, 6.07) is 0.432. The number of guanidine groups is 1. The lowest BCUT2D eigenvalue weighted by Gasteiger charge is -2.22. The summed E-state index contributed by atoms with van der Waals surface area (Å²) < 4.78 is 11.3. The first kappa shape index (κ1) is 23.2. The van der Waals surface area contributed by atoms with Crippen LogP contribution in [-0.4, -0.2) is 75.5 Å². The highest BCUT2D eigenvalue weighted by Crippen LogP contribution is 2.10. The zero-order valence-corrected chi connectivity index (χ0v) is 17.6. The molecule has 0 aliphatic carbocycles. The number of nitrogens with zero attached hydrogens (tertiary/aromatic N) is 2. The quantitative estimate of drug-likeness (QED) is 0.296. The summed E-state index contributed by atoms with van der Waals surface area (Å²) in [6.45, 7) is 16.4. The van der Waals surface area contributed by atoms with E-state index in [0.717, 1.165) is 77.6 Å². The number of nitrogens with one attached hydrogen (secondary N) is 2. The molecule has 1 heterocycles. The molecule has 1 rings (SSSR count). The van der Waals surface area contributed by atoms with E-state index < -0.39 is 0 Å². The first-order valence-electron chi connectivity index (χ1n) is 10.7. The van der Waals surface area contributed by atoms with Gasteiger partial charge >= 0.3 is 0 Å². The lowest BCUT2D eigenvalue weighted by Crippen LogP contribution is -2.42. The normalized spacial score (nSPS) is 17.5. The molecule has 0 amide bonds. The van der Waals surface area contributed by atoms with Crippen LogP contribution in [0.5, 0.6) is 0 Å². The highest BCUT2D eigenvalue weighted by atomic mass is 16.5. The maximum absolute atomic E-state index is 5.91. The van der Waals surface area contributed by atoms with Crippen molar-refractivity contribution < 1.29 is 9.47 Å². The second-order valence-electron chi connectivity index (χ2n) is 7.01. The summed E-state index contributed by atoms with van der Waals surface area (Å²) in [4.78, 5) is 7.17. The molecule has 0 spiro atoms. The Balaban J connectivity index is 2.19. The minimum atomic E-state index is 0.380. The average molecular weight is 371 g/mol. The monoisotopic (exact) mass is 370 g/mol. The molecule has 0 radical (unpaired) electrons. The number of rotatable bonds is 13. The number of hydrogen-bond donors (Lipinski definition) is 2. The maximum atomic E-state index is 5.91. The van der Waals surface area contributed by atoms with E-state index in [1.54, 1.807) is 0 Å². The summed E-state index contributed by atoms with van der Waals surface area (Å²) in [5.74, 6) is 0.925. The van der Waals surface area contributed by atoms with Crippen LogP contribution in [0.1, 0.15) is 59.8 Å². The van der Waals surface area contributed by atoms with Crippen molar-refractivity contribution in [2.45, 2.75) is 71.9 Å². The molecule has 26 heavy (non-hydrogen) atoms. The van der Waals surface area contributed by atoms with Crippen LogP contribution in [0.4, 0.5) is 0 Å². The van der Waals surface area contributed by atoms with Crippen LogP contribution in [0.3, 0.4) is 0 Å². The van der Waals surface area contributed by atoms with Crippen molar-refractivity contribution in [2.24, 2.45) is 4.99 Å². The Morgan fingerprint density at radius 2 is 1.92 bits per heavy atom. The van der Waals surface area contributed by atoms with Gasteiger partial charge in [0, 0.05) is 39.0 Å². The van der Waals surface area contributed by atoms with Gasteiger partial charge < -0.3 is 25.0 Å². The van der Waals surface area contributed by atoms with Gasteiger partial charge in [0.1, 0.15) is 0 Å². The molecule has 0 bridgehead atoms. The molecule has 6 nitrogen and oxygen atoms in total. The lowest BCUT2D eigenvalue weighted by molar-refractivity contribution is -0.0318. The minimum absolute atomic E-state index is 0.380. The molecular weight excluding hydrogens is 328 g/mol. The predicted molar refractivity (Wildman–Crippen MR) is 110 cm³/mol. The van der Waals surface area contributed by atoms with Crippen molar-refractivity contribution in [3.63, 3.8) is 0 Å². The Labute approximate surface area is 161 Å². The Morgan fingerprint density at radius 3 is 2.58 bits per heavy atom. The van der Waals surface area contributed by atoms with Crippen molar-refractivity contribution in [3.8, 4) is 0 Å². The van der Waals surface area contributed by atoms with Crippen LogP contribution in [-0.2, 0) is 9.47 Å². The molecule has 0 saturated carbocycles. The van der Waals surface area contributed by atoms with Crippen LogP contribution in [0.2, 0.25) is 0 Å². The summed E-state index contributed by atoms with van der Waals surface area (Å²) in [6.07, 6.45) is 5.77. The predicted octanol–water partition coefficient (Wildman–Crippen LogP) is 2.64. The minimum Gasteiger partial charge on any atom is -0.381 e. The highest BCUT2D eigenvalue weighted by Gasteiger charge is 2.13. The van der Waals surface area contributed by atoms with E-state index in [9.17, 15) is 0 Å². The molecule has 1 atom stereocenters. The summed E-state index contributed by atoms with van der Waals surface area (Å²) in [5, 5.41) is 6.88. The number of ether oxygens (including phenoxy) is 2. The van der Waals surface area contributed by atoms with E-state index in [-0.39, 0.29) is 0 Å². The Morgan fingerprint density at radius 1 is 1.19 bits per heavy atom. The van der Waals surface area contributed by atoms with Gasteiger partial charge in [-0.05, 0) is 65.6 Å². The molecule has 1 saturated heterocycles. The summed E-state index contributed by atoms with van der Waals surface area (Å²) >= 11 is 0. The second-order valence-corrected chi connectivity index (χ2v) is 7.01. The second kappa shape index (κ2) is 15.2. The van der Waals surface area contributed by atoms with E-state index in [1.807, 2.05) is 0 Å². The fraction of sp³-hybridized carbons (Fsp3) is 0.950. The van der Waals surface area contributed by atoms with Crippen LogP contribution in [0, 0.1) is 0 Å². The van der Waals surface area contributed by atoms with Gasteiger partial charge in [-0.3, -0.25) is 4.99 Å². The van der Waals surface area contributed by atoms with Gasteiger partial charge in [-0.2, -0.15) is 0 Å². The first-order chi connectivity index (χ1) is 12.7. The molecule has 6 heteroatoms. The van der Waals surface area contributed by atoms with Gasteiger partial charge in [-0.15, -0.1) is 0 Å². The molecule has 1 aliphatic heterocycles. The third kappa shape index (κ3) is 11.0. The van der Waals surface area contributed by atoms with Crippen LogP contribution >= 0.6 is 0 Å². The van der Waals surface area contributed by atoms with E-state index in [4.69, 9.17) is 14.5 Å². The molecule has 0 aromatic carbocycles. The summed E-state index contributed by atoms with van der Waals surface area (Å²) in [7, 11) is 0. The molecule has 1 unspecified atom stereocenters.